The molecule has 1 aromatic heterocycles. The Morgan fingerprint density at radius 1 is 1.07 bits per heavy atom. The highest BCUT2D eigenvalue weighted by atomic mass is 16.2. The number of rotatable bonds is 6. The molecule has 3 heterocycles. The molecule has 152 valence electrons. The van der Waals surface area contributed by atoms with Gasteiger partial charge in [0.1, 0.15) is 0 Å². The number of amides is 2. The average Bonchev–Trinajstić information content (AvgIpc) is 3.27. The Balaban J connectivity index is 1.32. The molecule has 6 nitrogen and oxygen atoms in total. The predicted octanol–water partition coefficient (Wildman–Crippen LogP) is 2.13. The van der Waals surface area contributed by atoms with E-state index < -0.39 is 5.91 Å². The van der Waals surface area contributed by atoms with Crippen LogP contribution in [0.15, 0.2) is 42.6 Å². The maximum absolute atomic E-state index is 13.1. The van der Waals surface area contributed by atoms with E-state index in [0.29, 0.717) is 23.0 Å². The van der Waals surface area contributed by atoms with Crippen molar-refractivity contribution in [3.8, 4) is 0 Å². The fourth-order valence-corrected chi connectivity index (χ4v) is 4.78. The Kier molecular flexibility index (Phi) is 5.62. The quantitative estimate of drug-likeness (QED) is 0.817. The highest BCUT2D eigenvalue weighted by Gasteiger charge is 2.42. The molecule has 1 aromatic carbocycles. The molecule has 29 heavy (non-hydrogen) atoms. The zero-order valence-corrected chi connectivity index (χ0v) is 16.9. The molecule has 4 rings (SSSR count). The summed E-state index contributed by atoms with van der Waals surface area (Å²) in [4.78, 5) is 33.7. The summed E-state index contributed by atoms with van der Waals surface area (Å²) in [5, 5.41) is 0. The molecule has 6 heteroatoms. The van der Waals surface area contributed by atoms with Crippen molar-refractivity contribution in [2.45, 2.75) is 19.8 Å². The van der Waals surface area contributed by atoms with E-state index in [-0.39, 0.29) is 5.91 Å². The number of primary amides is 1. The standard InChI is InChI=1S/C23H28N4O2/c1-16-6-4-9-20(22(24)28)21(16)23(29)27-14-17-12-26(13-18(17)15-27)11-5-8-19-7-2-3-10-25-19/h2-4,6-7,9-10,17-18H,5,8,11-15H2,1H3,(H2,24,28)/t17-,18?/m0/s1. The van der Waals surface area contributed by atoms with Crippen molar-refractivity contribution in [3.63, 3.8) is 0 Å². The summed E-state index contributed by atoms with van der Waals surface area (Å²) >= 11 is 0. The highest BCUT2D eigenvalue weighted by molar-refractivity contribution is 6.07. The molecule has 0 bridgehead atoms. The van der Waals surface area contributed by atoms with E-state index in [2.05, 4.69) is 16.0 Å². The molecule has 0 spiro atoms. The van der Waals surface area contributed by atoms with Gasteiger partial charge in [0.25, 0.3) is 5.91 Å². The fraction of sp³-hybridized carbons (Fsp3) is 0.435. The zero-order valence-electron chi connectivity index (χ0n) is 16.9. The van der Waals surface area contributed by atoms with Gasteiger partial charge in [-0.05, 0) is 61.9 Å². The van der Waals surface area contributed by atoms with Crippen LogP contribution in [0.3, 0.4) is 0 Å². The molecule has 2 N–H and O–H groups in total. The van der Waals surface area contributed by atoms with E-state index >= 15 is 0 Å². The first kappa shape index (κ1) is 19.6. The van der Waals surface area contributed by atoms with Gasteiger partial charge in [0.15, 0.2) is 0 Å². The molecule has 0 aliphatic carbocycles. The lowest BCUT2D eigenvalue weighted by molar-refractivity contribution is 0.0767. The summed E-state index contributed by atoms with van der Waals surface area (Å²) in [6, 6.07) is 11.3. The molecule has 2 aromatic rings. The number of aromatic nitrogens is 1. The van der Waals surface area contributed by atoms with E-state index in [0.717, 1.165) is 56.8 Å². The lowest BCUT2D eigenvalue weighted by atomic mass is 10.00. The van der Waals surface area contributed by atoms with Crippen LogP contribution >= 0.6 is 0 Å². The largest absolute Gasteiger partial charge is 0.366 e. The van der Waals surface area contributed by atoms with Crippen molar-refractivity contribution in [1.82, 2.24) is 14.8 Å². The van der Waals surface area contributed by atoms with Gasteiger partial charge in [0.05, 0.1) is 11.1 Å². The number of benzene rings is 1. The molecular weight excluding hydrogens is 364 g/mol. The normalized spacial score (nSPS) is 21.3. The van der Waals surface area contributed by atoms with Crippen LogP contribution in [-0.4, -0.2) is 59.3 Å². The number of aryl methyl sites for hydroxylation is 2. The van der Waals surface area contributed by atoms with Crippen molar-refractivity contribution >= 4 is 11.8 Å². The topological polar surface area (TPSA) is 79.5 Å². The lowest BCUT2D eigenvalue weighted by Gasteiger charge is -2.23. The number of likely N-dealkylation sites (tertiary alicyclic amines) is 2. The first-order chi connectivity index (χ1) is 14.0. The summed E-state index contributed by atoms with van der Waals surface area (Å²) in [6.45, 7) is 6.51. The minimum atomic E-state index is -0.546. The van der Waals surface area contributed by atoms with Gasteiger partial charge in [-0.25, -0.2) is 0 Å². The van der Waals surface area contributed by atoms with Gasteiger partial charge in [-0.15, -0.1) is 0 Å². The summed E-state index contributed by atoms with van der Waals surface area (Å²) in [7, 11) is 0. The third-order valence-corrected chi connectivity index (χ3v) is 6.23. The van der Waals surface area contributed by atoms with E-state index in [1.807, 2.05) is 36.2 Å². The second kappa shape index (κ2) is 8.33. The zero-order chi connectivity index (χ0) is 20.4. The second-order valence-corrected chi connectivity index (χ2v) is 8.28. The maximum atomic E-state index is 13.1. The summed E-state index contributed by atoms with van der Waals surface area (Å²) in [5.74, 6) is 0.410. The molecule has 2 saturated heterocycles. The van der Waals surface area contributed by atoms with Crippen molar-refractivity contribution < 1.29 is 9.59 Å². The Morgan fingerprint density at radius 2 is 1.83 bits per heavy atom. The Hall–Kier alpha value is -2.73. The van der Waals surface area contributed by atoms with Gasteiger partial charge in [0, 0.05) is 38.1 Å². The lowest BCUT2D eigenvalue weighted by Crippen LogP contribution is -2.35. The van der Waals surface area contributed by atoms with Crippen LogP contribution in [-0.2, 0) is 6.42 Å². The van der Waals surface area contributed by atoms with E-state index in [9.17, 15) is 9.59 Å². The maximum Gasteiger partial charge on any atom is 0.254 e. The number of fused-ring (bicyclic) bond motifs is 1. The molecule has 2 aliphatic rings. The van der Waals surface area contributed by atoms with Gasteiger partial charge in [-0.3, -0.25) is 14.6 Å². The first-order valence-corrected chi connectivity index (χ1v) is 10.3. The smallest absolute Gasteiger partial charge is 0.254 e. The monoisotopic (exact) mass is 392 g/mol. The number of hydrogen-bond donors (Lipinski definition) is 1. The third-order valence-electron chi connectivity index (χ3n) is 6.23. The van der Waals surface area contributed by atoms with Gasteiger partial charge in [-0.2, -0.15) is 0 Å². The van der Waals surface area contributed by atoms with Crippen LogP contribution in [0.5, 0.6) is 0 Å². The van der Waals surface area contributed by atoms with Crippen LogP contribution in [0, 0.1) is 18.8 Å². The van der Waals surface area contributed by atoms with Gasteiger partial charge in [0.2, 0.25) is 5.91 Å². The van der Waals surface area contributed by atoms with Gasteiger partial charge in [-0.1, -0.05) is 18.2 Å². The Bertz CT molecular complexity index is 885. The van der Waals surface area contributed by atoms with E-state index in [1.165, 1.54) is 0 Å². The summed E-state index contributed by atoms with van der Waals surface area (Å²) in [5.41, 5.74) is 8.24. The SMILES string of the molecule is Cc1cccc(C(N)=O)c1C(=O)N1CC2CN(CCCc3ccccn3)C[C@H]2C1. The van der Waals surface area contributed by atoms with E-state index in [4.69, 9.17) is 5.73 Å². The van der Waals surface area contributed by atoms with Crippen LogP contribution in [0.2, 0.25) is 0 Å². The van der Waals surface area contributed by atoms with Crippen molar-refractivity contribution in [2.75, 3.05) is 32.7 Å². The van der Waals surface area contributed by atoms with E-state index in [1.54, 1.807) is 12.1 Å². The Labute approximate surface area is 171 Å². The predicted molar refractivity (Wildman–Crippen MR) is 112 cm³/mol. The molecule has 2 amide bonds. The van der Waals surface area contributed by atoms with Crippen molar-refractivity contribution in [3.05, 3.63) is 65.0 Å². The molecule has 2 fully saturated rings. The molecule has 2 aliphatic heterocycles. The number of pyridine rings is 1. The van der Waals surface area contributed by atoms with Gasteiger partial charge < -0.3 is 15.5 Å². The average molecular weight is 393 g/mol. The third kappa shape index (κ3) is 4.17. The molecule has 1 unspecified atom stereocenters. The summed E-state index contributed by atoms with van der Waals surface area (Å²) < 4.78 is 0. The molecule has 0 radical (unpaired) electrons. The molecule has 0 saturated carbocycles. The Morgan fingerprint density at radius 3 is 2.48 bits per heavy atom. The van der Waals surface area contributed by atoms with Crippen molar-refractivity contribution in [1.29, 1.82) is 0 Å². The van der Waals surface area contributed by atoms with Crippen LogP contribution in [0.25, 0.3) is 0 Å². The highest BCUT2D eigenvalue weighted by Crippen LogP contribution is 2.32. The molecule has 2 atom stereocenters. The number of carbonyl (C=O) groups excluding carboxylic acids is 2. The number of hydrogen-bond acceptors (Lipinski definition) is 4. The number of carbonyl (C=O) groups is 2. The van der Waals surface area contributed by atoms with Crippen molar-refractivity contribution in [2.24, 2.45) is 17.6 Å². The first-order valence-electron chi connectivity index (χ1n) is 10.3. The minimum absolute atomic E-state index is 0.0620. The second-order valence-electron chi connectivity index (χ2n) is 8.28. The summed E-state index contributed by atoms with van der Waals surface area (Å²) in [6.07, 6.45) is 3.95. The van der Waals surface area contributed by atoms with Crippen LogP contribution in [0.1, 0.15) is 38.4 Å². The van der Waals surface area contributed by atoms with Crippen LogP contribution < -0.4 is 5.73 Å². The van der Waals surface area contributed by atoms with Gasteiger partial charge >= 0.3 is 0 Å². The fourth-order valence-electron chi connectivity index (χ4n) is 4.78. The van der Waals surface area contributed by atoms with Crippen LogP contribution in [0.4, 0.5) is 0 Å². The minimum Gasteiger partial charge on any atom is -0.366 e. The number of nitrogens with two attached hydrogens (primary N) is 1. The number of nitrogens with zero attached hydrogens (tertiary/aromatic N) is 3. The molecular formula is C23H28N4O2.